The smallest absolute Gasteiger partial charge is 0.257 e. The molecule has 1 atom stereocenters. The van der Waals surface area contributed by atoms with E-state index in [4.69, 9.17) is 11.6 Å². The van der Waals surface area contributed by atoms with Crippen LogP contribution in [0.4, 0.5) is 8.78 Å². The van der Waals surface area contributed by atoms with Crippen molar-refractivity contribution < 1.29 is 28.6 Å². The Hall–Kier alpha value is -2.82. The molecular weight excluding hydrogens is 484 g/mol. The summed E-state index contributed by atoms with van der Waals surface area (Å²) in [6.07, 6.45) is 4.82. The number of hydrogen-bond acceptors (Lipinski definition) is 6. The maximum absolute atomic E-state index is 14.2. The second-order valence-corrected chi connectivity index (χ2v) is 8.66. The van der Waals surface area contributed by atoms with Crippen molar-refractivity contribution in [2.24, 2.45) is 0 Å². The van der Waals surface area contributed by atoms with E-state index in [9.17, 15) is 33.4 Å². The molecule has 0 spiro atoms. The summed E-state index contributed by atoms with van der Waals surface area (Å²) in [4.78, 5) is 39.1. The number of unbranched alkanes of at least 4 members (excludes halogenated alkanes) is 2. The molecule has 0 aliphatic heterocycles. The lowest BCUT2D eigenvalue weighted by atomic mass is 10.1. The molecule has 1 aromatic carbocycles. The molecule has 1 heterocycles. The Bertz CT molecular complexity index is 1110. The molecule has 0 saturated heterocycles. The van der Waals surface area contributed by atoms with Gasteiger partial charge in [-0.1, -0.05) is 43.9 Å². The fraction of sp³-hybridized carbons (Fsp3) is 0.458. The Balaban J connectivity index is 2.42. The van der Waals surface area contributed by atoms with Crippen LogP contribution in [0.15, 0.2) is 23.1 Å². The lowest BCUT2D eigenvalue weighted by Crippen LogP contribution is -2.34. The number of nitrogens with one attached hydrogen (secondary N) is 1. The van der Waals surface area contributed by atoms with Crippen molar-refractivity contribution in [1.29, 1.82) is 0 Å². The summed E-state index contributed by atoms with van der Waals surface area (Å²) in [5.41, 5.74) is -1.84. The quantitative estimate of drug-likeness (QED) is 0.215. The predicted octanol–water partition coefficient (Wildman–Crippen LogP) is 3.27. The number of hydrogen-bond donors (Lipinski definition) is 3. The van der Waals surface area contributed by atoms with Crippen LogP contribution in [0.5, 0.6) is 5.75 Å². The molecule has 0 aliphatic carbocycles. The Morgan fingerprint density at radius 1 is 1.31 bits per heavy atom. The number of likely N-dealkylation sites (N-methyl/N-ethyl adjacent to an activating group) is 1. The van der Waals surface area contributed by atoms with Crippen molar-refractivity contribution in [2.75, 3.05) is 26.7 Å². The molecule has 35 heavy (non-hydrogen) atoms. The molecule has 1 amide bonds. The monoisotopic (exact) mass is 513 g/mol. The van der Waals surface area contributed by atoms with Crippen molar-refractivity contribution in [3.8, 4) is 5.75 Å². The van der Waals surface area contributed by atoms with Gasteiger partial charge in [0.2, 0.25) is 5.43 Å². The van der Waals surface area contributed by atoms with Crippen LogP contribution in [0.3, 0.4) is 0 Å². The van der Waals surface area contributed by atoms with Gasteiger partial charge in [0.05, 0.1) is 6.61 Å². The van der Waals surface area contributed by atoms with Crippen LogP contribution in [0.2, 0.25) is 5.02 Å². The van der Waals surface area contributed by atoms with Gasteiger partial charge in [-0.25, -0.2) is 8.78 Å². The van der Waals surface area contributed by atoms with Gasteiger partial charge in [0.15, 0.2) is 12.0 Å². The highest BCUT2D eigenvalue weighted by atomic mass is 35.5. The van der Waals surface area contributed by atoms with E-state index in [1.807, 2.05) is 11.8 Å². The van der Waals surface area contributed by atoms with Gasteiger partial charge in [-0.05, 0) is 19.5 Å². The zero-order valence-electron chi connectivity index (χ0n) is 19.7. The molecule has 0 saturated carbocycles. The number of aliphatic hydroxyl groups excluding tert-OH is 1. The highest BCUT2D eigenvalue weighted by molar-refractivity contribution is 6.30. The Morgan fingerprint density at radius 3 is 2.66 bits per heavy atom. The average Bonchev–Trinajstić information content (AvgIpc) is 2.83. The Labute approximate surface area is 207 Å². The van der Waals surface area contributed by atoms with E-state index in [0.29, 0.717) is 25.8 Å². The van der Waals surface area contributed by atoms with Gasteiger partial charge in [-0.3, -0.25) is 14.4 Å². The SMILES string of the molecule is CCCCC[C@H](CN(C)CCO)n1cc(C(=O)NCc2ccc(F)c(Cl)c2F)c(=O)c(O)c1C=O. The summed E-state index contributed by atoms with van der Waals surface area (Å²) in [7, 11) is 1.78. The van der Waals surface area contributed by atoms with Gasteiger partial charge >= 0.3 is 0 Å². The number of carbonyl (C=O) groups excluding carboxylic acids is 2. The molecule has 1 aromatic heterocycles. The number of pyridine rings is 1. The number of carbonyl (C=O) groups is 2. The third-order valence-corrected chi connectivity index (χ3v) is 6.04. The number of aromatic nitrogens is 1. The number of amides is 1. The van der Waals surface area contributed by atoms with E-state index < -0.39 is 39.3 Å². The van der Waals surface area contributed by atoms with Crippen LogP contribution >= 0.6 is 11.6 Å². The molecule has 8 nitrogen and oxygen atoms in total. The first-order valence-electron chi connectivity index (χ1n) is 11.3. The van der Waals surface area contributed by atoms with Crippen LogP contribution < -0.4 is 10.7 Å². The third kappa shape index (κ3) is 7.09. The minimum atomic E-state index is -1.05. The minimum Gasteiger partial charge on any atom is -0.503 e. The van der Waals surface area contributed by atoms with E-state index in [1.54, 1.807) is 7.05 Å². The predicted molar refractivity (Wildman–Crippen MR) is 128 cm³/mol. The first-order chi connectivity index (χ1) is 16.7. The van der Waals surface area contributed by atoms with Crippen molar-refractivity contribution >= 4 is 23.8 Å². The van der Waals surface area contributed by atoms with Crippen LogP contribution in [0.25, 0.3) is 0 Å². The van der Waals surface area contributed by atoms with E-state index >= 15 is 0 Å². The van der Waals surface area contributed by atoms with Crippen LogP contribution in [0.1, 0.15) is 65.1 Å². The van der Waals surface area contributed by atoms with E-state index in [1.165, 1.54) is 10.8 Å². The van der Waals surface area contributed by atoms with Gasteiger partial charge in [0.1, 0.15) is 27.9 Å². The second kappa shape index (κ2) is 13.3. The third-order valence-electron chi connectivity index (χ3n) is 5.70. The topological polar surface area (TPSA) is 112 Å². The fourth-order valence-electron chi connectivity index (χ4n) is 3.76. The van der Waals surface area contributed by atoms with Gasteiger partial charge in [-0.2, -0.15) is 0 Å². The molecule has 0 radical (unpaired) electrons. The standard InChI is InChI=1S/C24H30ClF2N3O5/c1-3-4-5-6-16(12-29(2)9-10-31)30-13-17(22(33)23(34)19(30)14-32)24(35)28-11-15-7-8-18(26)20(25)21(15)27/h7-8,13-14,16,31,34H,3-6,9-12H2,1-2H3,(H,28,35)/t16-/m1/s1. The van der Waals surface area contributed by atoms with Crippen molar-refractivity contribution in [2.45, 2.75) is 45.2 Å². The average molecular weight is 514 g/mol. The van der Waals surface area contributed by atoms with Crippen molar-refractivity contribution in [3.63, 3.8) is 0 Å². The maximum atomic E-state index is 14.2. The number of nitrogens with zero attached hydrogens (tertiary/aromatic N) is 2. The summed E-state index contributed by atoms with van der Waals surface area (Å²) in [5, 5.41) is 21.3. The zero-order chi connectivity index (χ0) is 26.1. The highest BCUT2D eigenvalue weighted by Crippen LogP contribution is 2.24. The van der Waals surface area contributed by atoms with E-state index in [-0.39, 0.29) is 30.5 Å². The van der Waals surface area contributed by atoms with Crippen LogP contribution in [-0.2, 0) is 6.54 Å². The number of aldehydes is 1. The summed E-state index contributed by atoms with van der Waals surface area (Å²) in [5.74, 6) is -3.76. The van der Waals surface area contributed by atoms with Crippen molar-refractivity contribution in [3.05, 3.63) is 62.0 Å². The Kier molecular flexibility index (Phi) is 10.8. The Morgan fingerprint density at radius 2 is 2.03 bits per heavy atom. The maximum Gasteiger partial charge on any atom is 0.257 e. The normalized spacial score (nSPS) is 12.1. The number of aliphatic hydroxyl groups is 1. The number of halogens is 3. The zero-order valence-corrected chi connectivity index (χ0v) is 20.4. The lowest BCUT2D eigenvalue weighted by Gasteiger charge is -2.28. The number of rotatable bonds is 13. The fourth-order valence-corrected chi connectivity index (χ4v) is 3.94. The molecule has 11 heteroatoms. The number of aromatic hydroxyl groups is 1. The largest absolute Gasteiger partial charge is 0.503 e. The van der Waals surface area contributed by atoms with Gasteiger partial charge < -0.3 is 25.0 Å². The minimum absolute atomic E-state index is 0.0776. The van der Waals surface area contributed by atoms with Crippen LogP contribution in [-0.4, -0.2) is 58.6 Å². The summed E-state index contributed by atoms with van der Waals surface area (Å²) >= 11 is 5.56. The van der Waals surface area contributed by atoms with Crippen molar-refractivity contribution in [1.82, 2.24) is 14.8 Å². The molecule has 0 aliphatic rings. The van der Waals surface area contributed by atoms with Gasteiger partial charge in [0, 0.05) is 37.4 Å². The first kappa shape index (κ1) is 28.4. The van der Waals surface area contributed by atoms with Crippen LogP contribution in [0, 0.1) is 11.6 Å². The summed E-state index contributed by atoms with van der Waals surface area (Å²) < 4.78 is 29.0. The molecule has 0 fully saturated rings. The lowest BCUT2D eigenvalue weighted by molar-refractivity contribution is 0.0946. The van der Waals surface area contributed by atoms with Gasteiger partial charge in [0.25, 0.3) is 5.91 Å². The highest BCUT2D eigenvalue weighted by Gasteiger charge is 2.24. The second-order valence-electron chi connectivity index (χ2n) is 8.28. The summed E-state index contributed by atoms with van der Waals surface area (Å²) in [6, 6.07) is 1.68. The summed E-state index contributed by atoms with van der Waals surface area (Å²) in [6.45, 7) is 2.32. The molecule has 3 N–H and O–H groups in total. The number of benzene rings is 1. The molecule has 2 rings (SSSR count). The van der Waals surface area contributed by atoms with E-state index in [2.05, 4.69) is 5.32 Å². The van der Waals surface area contributed by atoms with E-state index in [0.717, 1.165) is 31.4 Å². The molecule has 2 aromatic rings. The molecule has 0 bridgehead atoms. The molecule has 0 unspecified atom stereocenters. The van der Waals surface area contributed by atoms with Gasteiger partial charge in [-0.15, -0.1) is 0 Å². The first-order valence-corrected chi connectivity index (χ1v) is 11.7. The molecule has 192 valence electrons. The molecular formula is C24H30ClF2N3O5.